The first kappa shape index (κ1) is 14.4. The maximum Gasteiger partial charge on any atom is 0.160 e. The molecule has 0 aliphatic heterocycles. The molecular formula is C18H15NO2S. The van der Waals surface area contributed by atoms with Crippen molar-refractivity contribution in [3.8, 4) is 27.3 Å². The Labute approximate surface area is 133 Å². The Morgan fingerprint density at radius 1 is 1.00 bits per heavy atom. The van der Waals surface area contributed by atoms with Crippen molar-refractivity contribution in [1.82, 2.24) is 0 Å². The molecule has 4 heteroatoms. The number of ether oxygens (including phenoxy) is 1. The van der Waals surface area contributed by atoms with Gasteiger partial charge in [-0.2, -0.15) is 0 Å². The summed E-state index contributed by atoms with van der Waals surface area (Å²) in [6.45, 7) is 0. The number of nitrogen functional groups attached to an aromatic ring is 1. The van der Waals surface area contributed by atoms with Crippen molar-refractivity contribution >= 4 is 23.3 Å². The minimum absolute atomic E-state index is 0.640. The van der Waals surface area contributed by atoms with Gasteiger partial charge in [0.2, 0.25) is 0 Å². The number of hydrogen-bond donors (Lipinski definition) is 1. The van der Waals surface area contributed by atoms with Crippen molar-refractivity contribution in [3.05, 3.63) is 59.5 Å². The van der Waals surface area contributed by atoms with Gasteiger partial charge in [-0.05, 0) is 23.3 Å². The van der Waals surface area contributed by atoms with Gasteiger partial charge in [0.1, 0.15) is 5.75 Å². The minimum Gasteiger partial charge on any atom is -0.497 e. The Kier molecular flexibility index (Phi) is 3.94. The zero-order valence-corrected chi connectivity index (χ0v) is 12.9. The molecule has 1 heterocycles. The molecule has 0 saturated heterocycles. The molecule has 22 heavy (non-hydrogen) atoms. The molecule has 0 atom stereocenters. The summed E-state index contributed by atoms with van der Waals surface area (Å²) in [6, 6.07) is 17.4. The first-order valence-electron chi connectivity index (χ1n) is 6.82. The Bertz CT molecular complexity index is 792. The van der Waals surface area contributed by atoms with E-state index in [0.717, 1.165) is 33.6 Å². The summed E-state index contributed by atoms with van der Waals surface area (Å²) < 4.78 is 5.17. The van der Waals surface area contributed by atoms with Crippen LogP contribution in [0.1, 0.15) is 9.67 Å². The summed E-state index contributed by atoms with van der Waals surface area (Å²) in [4.78, 5) is 13.0. The second-order valence-electron chi connectivity index (χ2n) is 4.80. The number of aldehydes is 1. The Morgan fingerprint density at radius 3 is 2.27 bits per heavy atom. The van der Waals surface area contributed by atoms with Crippen LogP contribution in [0.5, 0.6) is 5.75 Å². The van der Waals surface area contributed by atoms with Crippen LogP contribution in [0.3, 0.4) is 0 Å². The van der Waals surface area contributed by atoms with Crippen molar-refractivity contribution < 1.29 is 9.53 Å². The third-order valence-corrected chi connectivity index (χ3v) is 4.67. The highest BCUT2D eigenvalue weighted by molar-refractivity contribution is 7.18. The van der Waals surface area contributed by atoms with Crippen molar-refractivity contribution in [2.24, 2.45) is 0 Å². The van der Waals surface area contributed by atoms with Gasteiger partial charge in [-0.25, -0.2) is 0 Å². The number of benzene rings is 2. The maximum absolute atomic E-state index is 11.5. The quantitative estimate of drug-likeness (QED) is 0.723. The Morgan fingerprint density at radius 2 is 1.68 bits per heavy atom. The lowest BCUT2D eigenvalue weighted by molar-refractivity contribution is 0.112. The van der Waals surface area contributed by atoms with Gasteiger partial charge in [-0.1, -0.05) is 42.5 Å². The number of thiophene rings is 1. The molecule has 0 amide bonds. The third-order valence-electron chi connectivity index (χ3n) is 3.49. The molecule has 0 saturated carbocycles. The average Bonchev–Trinajstić information content (AvgIpc) is 2.92. The normalized spacial score (nSPS) is 10.4. The van der Waals surface area contributed by atoms with Gasteiger partial charge in [0.15, 0.2) is 6.29 Å². The van der Waals surface area contributed by atoms with Crippen LogP contribution in [-0.4, -0.2) is 13.4 Å². The van der Waals surface area contributed by atoms with Crippen LogP contribution in [-0.2, 0) is 0 Å². The fourth-order valence-corrected chi connectivity index (χ4v) is 3.47. The second kappa shape index (κ2) is 6.03. The van der Waals surface area contributed by atoms with E-state index >= 15 is 0 Å². The van der Waals surface area contributed by atoms with Crippen molar-refractivity contribution in [2.75, 3.05) is 12.8 Å². The SMILES string of the molecule is COc1ccc(-c2c(C=O)sc(-c3ccccc3)c2N)cc1. The molecule has 0 aliphatic carbocycles. The van der Waals surface area contributed by atoms with Crippen LogP contribution in [0, 0.1) is 0 Å². The maximum atomic E-state index is 11.5. The largest absolute Gasteiger partial charge is 0.497 e. The van der Waals surface area contributed by atoms with Crippen molar-refractivity contribution in [2.45, 2.75) is 0 Å². The van der Waals surface area contributed by atoms with Crippen LogP contribution >= 0.6 is 11.3 Å². The fraction of sp³-hybridized carbons (Fsp3) is 0.0556. The Hall–Kier alpha value is -2.59. The number of rotatable bonds is 4. The lowest BCUT2D eigenvalue weighted by Crippen LogP contribution is -1.90. The standard InChI is InChI=1S/C18H15NO2S/c1-21-14-9-7-12(8-10-14)16-15(11-20)22-18(17(16)19)13-5-3-2-4-6-13/h2-11H,19H2,1H3. The van der Waals surface area contributed by atoms with Gasteiger partial charge in [0.25, 0.3) is 0 Å². The van der Waals surface area contributed by atoms with Crippen LogP contribution < -0.4 is 10.5 Å². The van der Waals surface area contributed by atoms with E-state index in [9.17, 15) is 4.79 Å². The first-order chi connectivity index (χ1) is 10.7. The highest BCUT2D eigenvalue weighted by atomic mass is 32.1. The van der Waals surface area contributed by atoms with Gasteiger partial charge in [-0.3, -0.25) is 4.79 Å². The van der Waals surface area contributed by atoms with Crippen molar-refractivity contribution in [3.63, 3.8) is 0 Å². The summed E-state index contributed by atoms with van der Waals surface area (Å²) in [7, 11) is 1.62. The predicted molar refractivity (Wildman–Crippen MR) is 91.5 cm³/mol. The van der Waals surface area contributed by atoms with Gasteiger partial charge < -0.3 is 10.5 Å². The van der Waals surface area contributed by atoms with Crippen LogP contribution in [0.15, 0.2) is 54.6 Å². The van der Waals surface area contributed by atoms with E-state index in [2.05, 4.69) is 0 Å². The molecule has 0 spiro atoms. The number of nitrogens with two attached hydrogens (primary N) is 1. The summed E-state index contributed by atoms with van der Waals surface area (Å²) in [5, 5.41) is 0. The lowest BCUT2D eigenvalue weighted by atomic mass is 10.0. The molecular weight excluding hydrogens is 294 g/mol. The summed E-state index contributed by atoms with van der Waals surface area (Å²) in [5.74, 6) is 0.772. The molecule has 2 aromatic carbocycles. The topological polar surface area (TPSA) is 52.3 Å². The minimum atomic E-state index is 0.640. The molecule has 2 N–H and O–H groups in total. The monoisotopic (exact) mass is 309 g/mol. The van der Waals surface area contributed by atoms with E-state index < -0.39 is 0 Å². The molecule has 110 valence electrons. The van der Waals surface area contributed by atoms with Gasteiger partial charge in [0, 0.05) is 5.56 Å². The highest BCUT2D eigenvalue weighted by Gasteiger charge is 2.18. The van der Waals surface area contributed by atoms with Crippen LogP contribution in [0.25, 0.3) is 21.6 Å². The highest BCUT2D eigenvalue weighted by Crippen LogP contribution is 2.43. The Balaban J connectivity index is 2.15. The molecule has 0 fully saturated rings. The molecule has 1 aromatic heterocycles. The zero-order chi connectivity index (χ0) is 15.5. The molecule has 0 unspecified atom stereocenters. The molecule has 3 rings (SSSR count). The van der Waals surface area contributed by atoms with Gasteiger partial charge in [0.05, 0.1) is 22.6 Å². The van der Waals surface area contributed by atoms with E-state index in [1.807, 2.05) is 54.6 Å². The molecule has 3 nitrogen and oxygen atoms in total. The van der Waals surface area contributed by atoms with E-state index in [1.54, 1.807) is 7.11 Å². The zero-order valence-electron chi connectivity index (χ0n) is 12.1. The predicted octanol–water partition coefficient (Wildman–Crippen LogP) is 4.49. The van der Waals surface area contributed by atoms with Gasteiger partial charge in [-0.15, -0.1) is 11.3 Å². The number of hydrogen-bond acceptors (Lipinski definition) is 4. The molecule has 0 bridgehead atoms. The third kappa shape index (κ3) is 2.49. The van der Waals surface area contributed by atoms with Crippen molar-refractivity contribution in [1.29, 1.82) is 0 Å². The number of methoxy groups -OCH3 is 1. The summed E-state index contributed by atoms with van der Waals surface area (Å²) in [6.07, 6.45) is 0.868. The van der Waals surface area contributed by atoms with E-state index in [-0.39, 0.29) is 0 Å². The van der Waals surface area contributed by atoms with E-state index in [0.29, 0.717) is 10.6 Å². The van der Waals surface area contributed by atoms with E-state index in [4.69, 9.17) is 10.5 Å². The number of carbonyl (C=O) groups is 1. The molecule has 0 aliphatic rings. The van der Waals surface area contributed by atoms with Gasteiger partial charge >= 0.3 is 0 Å². The number of anilines is 1. The van der Waals surface area contributed by atoms with Crippen LogP contribution in [0.2, 0.25) is 0 Å². The average molecular weight is 309 g/mol. The molecule has 3 aromatic rings. The second-order valence-corrected chi connectivity index (χ2v) is 5.85. The smallest absolute Gasteiger partial charge is 0.160 e. The lowest BCUT2D eigenvalue weighted by Gasteiger charge is -2.05. The fourth-order valence-electron chi connectivity index (χ4n) is 2.40. The van der Waals surface area contributed by atoms with E-state index in [1.165, 1.54) is 11.3 Å². The number of carbonyl (C=O) groups excluding carboxylic acids is 1. The summed E-state index contributed by atoms with van der Waals surface area (Å²) >= 11 is 1.42. The molecule has 0 radical (unpaired) electrons. The van der Waals surface area contributed by atoms with Crippen LogP contribution in [0.4, 0.5) is 5.69 Å². The first-order valence-corrected chi connectivity index (χ1v) is 7.63. The summed E-state index contributed by atoms with van der Waals surface area (Å²) in [5.41, 5.74) is 9.71.